The first-order valence-electron chi connectivity index (χ1n) is 4.93. The molecule has 0 saturated carbocycles. The number of nitrogens with one attached hydrogen (secondary N) is 1. The fraction of sp³-hybridized carbons (Fsp3) is 0.364. The van der Waals surface area contributed by atoms with Gasteiger partial charge in [-0.2, -0.15) is 0 Å². The quantitative estimate of drug-likeness (QED) is 0.782. The van der Waals surface area contributed by atoms with E-state index in [2.05, 4.69) is 4.72 Å². The van der Waals surface area contributed by atoms with Gasteiger partial charge in [-0.3, -0.25) is 4.79 Å². The van der Waals surface area contributed by atoms with Crippen molar-refractivity contribution in [1.82, 2.24) is 4.72 Å². The van der Waals surface area contributed by atoms with Crippen LogP contribution in [-0.4, -0.2) is 27.0 Å². The van der Waals surface area contributed by atoms with Crippen LogP contribution in [0.1, 0.15) is 22.8 Å². The molecule has 0 aliphatic carbocycles. The van der Waals surface area contributed by atoms with Gasteiger partial charge in [0.05, 0.1) is 6.26 Å². The van der Waals surface area contributed by atoms with Gasteiger partial charge >= 0.3 is 0 Å². The molecule has 1 rings (SSSR count). The van der Waals surface area contributed by atoms with Crippen molar-refractivity contribution in [2.24, 2.45) is 0 Å². The molecule has 0 saturated heterocycles. The molecule has 0 unspecified atom stereocenters. The molecular formula is C11H15NO3S. The molecular weight excluding hydrogens is 226 g/mol. The van der Waals surface area contributed by atoms with Crippen LogP contribution in [0.4, 0.5) is 0 Å². The van der Waals surface area contributed by atoms with Gasteiger partial charge in [0.25, 0.3) is 0 Å². The van der Waals surface area contributed by atoms with Gasteiger partial charge < -0.3 is 0 Å². The third-order valence-electron chi connectivity index (χ3n) is 2.14. The standard InChI is InChI=1S/C11H15NO3S/c1-9(13)11-5-3-10(4-6-11)7-8-12-16(2,14)15/h3-6,12H,7-8H2,1-2H3. The largest absolute Gasteiger partial charge is 0.295 e. The summed E-state index contributed by atoms with van der Waals surface area (Å²) in [4.78, 5) is 11.0. The molecule has 0 fully saturated rings. The van der Waals surface area contributed by atoms with Crippen LogP contribution in [-0.2, 0) is 16.4 Å². The van der Waals surface area contributed by atoms with E-state index in [0.29, 0.717) is 18.5 Å². The average molecular weight is 241 g/mol. The number of benzene rings is 1. The Labute approximate surface area is 95.7 Å². The monoisotopic (exact) mass is 241 g/mol. The highest BCUT2D eigenvalue weighted by Crippen LogP contribution is 2.05. The second-order valence-electron chi connectivity index (χ2n) is 3.67. The van der Waals surface area contributed by atoms with E-state index in [4.69, 9.17) is 0 Å². The van der Waals surface area contributed by atoms with Crippen LogP contribution in [0.5, 0.6) is 0 Å². The van der Waals surface area contributed by atoms with Gasteiger partial charge in [0, 0.05) is 12.1 Å². The number of ketones is 1. The Morgan fingerprint density at radius 2 is 1.81 bits per heavy atom. The lowest BCUT2D eigenvalue weighted by atomic mass is 10.1. The van der Waals surface area contributed by atoms with Gasteiger partial charge in [-0.25, -0.2) is 13.1 Å². The molecule has 0 radical (unpaired) electrons. The molecule has 4 nitrogen and oxygen atoms in total. The van der Waals surface area contributed by atoms with E-state index >= 15 is 0 Å². The van der Waals surface area contributed by atoms with E-state index in [-0.39, 0.29) is 5.78 Å². The molecule has 1 aromatic rings. The number of rotatable bonds is 5. The van der Waals surface area contributed by atoms with Gasteiger partial charge in [-0.15, -0.1) is 0 Å². The summed E-state index contributed by atoms with van der Waals surface area (Å²) < 4.78 is 24.0. The van der Waals surface area contributed by atoms with Crippen molar-refractivity contribution >= 4 is 15.8 Å². The molecule has 1 aromatic carbocycles. The van der Waals surface area contributed by atoms with Crippen LogP contribution in [0.15, 0.2) is 24.3 Å². The minimum atomic E-state index is -3.12. The number of hydrogen-bond donors (Lipinski definition) is 1. The number of carbonyl (C=O) groups is 1. The highest BCUT2D eigenvalue weighted by atomic mass is 32.2. The van der Waals surface area contributed by atoms with Crippen LogP contribution < -0.4 is 4.72 Å². The Kier molecular flexibility index (Phi) is 4.20. The maximum atomic E-state index is 11.0. The molecule has 0 aromatic heterocycles. The molecule has 0 amide bonds. The zero-order valence-electron chi connectivity index (χ0n) is 9.36. The minimum absolute atomic E-state index is 0.0285. The lowest BCUT2D eigenvalue weighted by Gasteiger charge is -2.03. The Morgan fingerprint density at radius 1 is 1.25 bits per heavy atom. The van der Waals surface area contributed by atoms with Crippen LogP contribution in [0, 0.1) is 0 Å². The average Bonchev–Trinajstić information content (AvgIpc) is 2.16. The third-order valence-corrected chi connectivity index (χ3v) is 2.87. The molecule has 0 aliphatic heterocycles. The van der Waals surface area contributed by atoms with Crippen molar-refractivity contribution < 1.29 is 13.2 Å². The highest BCUT2D eigenvalue weighted by molar-refractivity contribution is 7.88. The van der Waals surface area contributed by atoms with Crippen LogP contribution >= 0.6 is 0 Å². The van der Waals surface area contributed by atoms with Crippen molar-refractivity contribution in [1.29, 1.82) is 0 Å². The maximum absolute atomic E-state index is 11.0. The molecule has 16 heavy (non-hydrogen) atoms. The second kappa shape index (κ2) is 5.23. The lowest BCUT2D eigenvalue weighted by molar-refractivity contribution is 0.101. The molecule has 0 atom stereocenters. The smallest absolute Gasteiger partial charge is 0.208 e. The highest BCUT2D eigenvalue weighted by Gasteiger charge is 2.01. The predicted octanol–water partition coefficient (Wildman–Crippen LogP) is 0.981. The summed E-state index contributed by atoms with van der Waals surface area (Å²) in [6.45, 7) is 1.89. The Balaban J connectivity index is 2.53. The predicted molar refractivity (Wildman–Crippen MR) is 63.0 cm³/mol. The number of carbonyl (C=O) groups excluding carboxylic acids is 1. The van der Waals surface area contributed by atoms with Gasteiger partial charge in [0.1, 0.15) is 0 Å². The summed E-state index contributed by atoms with van der Waals surface area (Å²) in [5, 5.41) is 0. The van der Waals surface area contributed by atoms with Crippen LogP contribution in [0.3, 0.4) is 0 Å². The SMILES string of the molecule is CC(=O)c1ccc(CCNS(C)(=O)=O)cc1. The van der Waals surface area contributed by atoms with Gasteiger partial charge in [-0.05, 0) is 18.9 Å². The zero-order chi connectivity index (χ0) is 12.2. The van der Waals surface area contributed by atoms with E-state index in [1.54, 1.807) is 12.1 Å². The summed E-state index contributed by atoms with van der Waals surface area (Å²) in [5.41, 5.74) is 1.67. The van der Waals surface area contributed by atoms with Crippen molar-refractivity contribution in [3.8, 4) is 0 Å². The van der Waals surface area contributed by atoms with E-state index in [0.717, 1.165) is 11.8 Å². The van der Waals surface area contributed by atoms with E-state index in [9.17, 15) is 13.2 Å². The first-order chi connectivity index (χ1) is 7.38. The molecule has 5 heteroatoms. The summed E-state index contributed by atoms with van der Waals surface area (Å²) in [7, 11) is -3.12. The third kappa shape index (κ3) is 4.55. The van der Waals surface area contributed by atoms with E-state index in [1.807, 2.05) is 12.1 Å². The molecule has 0 aliphatic rings. The zero-order valence-corrected chi connectivity index (χ0v) is 10.2. The fourth-order valence-electron chi connectivity index (χ4n) is 1.29. The van der Waals surface area contributed by atoms with Crippen molar-refractivity contribution in [3.63, 3.8) is 0 Å². The lowest BCUT2D eigenvalue weighted by Crippen LogP contribution is -2.24. The summed E-state index contributed by atoms with van der Waals surface area (Å²) in [6, 6.07) is 7.16. The summed E-state index contributed by atoms with van der Waals surface area (Å²) in [5.74, 6) is 0.0285. The van der Waals surface area contributed by atoms with Gasteiger partial charge in [-0.1, -0.05) is 24.3 Å². The number of hydrogen-bond acceptors (Lipinski definition) is 3. The van der Waals surface area contributed by atoms with Crippen molar-refractivity contribution in [2.75, 3.05) is 12.8 Å². The first-order valence-corrected chi connectivity index (χ1v) is 6.82. The maximum Gasteiger partial charge on any atom is 0.208 e. The Hall–Kier alpha value is -1.20. The van der Waals surface area contributed by atoms with Crippen LogP contribution in [0.25, 0.3) is 0 Å². The fourth-order valence-corrected chi connectivity index (χ4v) is 1.76. The molecule has 88 valence electrons. The second-order valence-corrected chi connectivity index (χ2v) is 5.50. The Bertz CT molecular complexity index is 463. The van der Waals surface area contributed by atoms with Gasteiger partial charge in [0.15, 0.2) is 5.78 Å². The molecule has 0 spiro atoms. The van der Waals surface area contributed by atoms with E-state index < -0.39 is 10.0 Å². The summed E-state index contributed by atoms with van der Waals surface area (Å²) in [6.07, 6.45) is 1.75. The topological polar surface area (TPSA) is 63.2 Å². The Morgan fingerprint density at radius 3 is 2.25 bits per heavy atom. The number of sulfonamides is 1. The van der Waals surface area contributed by atoms with Gasteiger partial charge in [0.2, 0.25) is 10.0 Å². The normalized spacial score (nSPS) is 11.4. The van der Waals surface area contributed by atoms with Crippen molar-refractivity contribution in [3.05, 3.63) is 35.4 Å². The summed E-state index contributed by atoms with van der Waals surface area (Å²) >= 11 is 0. The molecule has 0 bridgehead atoms. The first kappa shape index (κ1) is 12.9. The molecule has 0 heterocycles. The van der Waals surface area contributed by atoms with E-state index in [1.165, 1.54) is 6.92 Å². The number of Topliss-reactive ketones (excluding diaryl/α,β-unsaturated/α-hetero) is 1. The van der Waals surface area contributed by atoms with Crippen LogP contribution in [0.2, 0.25) is 0 Å². The van der Waals surface area contributed by atoms with Crippen molar-refractivity contribution in [2.45, 2.75) is 13.3 Å². The minimum Gasteiger partial charge on any atom is -0.295 e. The molecule has 1 N–H and O–H groups in total.